The van der Waals surface area contributed by atoms with Crippen LogP contribution in [0.1, 0.15) is 84.5 Å². The van der Waals surface area contributed by atoms with Crippen LogP contribution in [0.3, 0.4) is 0 Å². The molecular weight excluding hydrogens is 212 g/mol. The van der Waals surface area contributed by atoms with Gasteiger partial charge in [-0.25, -0.2) is 0 Å². The first-order chi connectivity index (χ1) is 8.13. The molecule has 0 aromatic carbocycles. The number of unbranched alkanes of at least 4 members (excludes halogenated alkanes) is 8. The smallest absolute Gasteiger partial charge is 0.303 e. The summed E-state index contributed by atoms with van der Waals surface area (Å²) in [6.07, 6.45) is 13.0. The Hall–Kier alpha value is -0.530. The number of hydrogen-bond donors (Lipinski definition) is 1. The summed E-state index contributed by atoms with van der Waals surface area (Å²) in [5.74, 6) is 0.194. The van der Waals surface area contributed by atoms with Gasteiger partial charge in [-0.15, -0.1) is 0 Å². The highest BCUT2D eigenvalue weighted by Crippen LogP contribution is 2.13. The molecule has 0 unspecified atom stereocenters. The second kappa shape index (κ2) is 11.9. The van der Waals surface area contributed by atoms with Crippen molar-refractivity contribution < 1.29 is 9.90 Å². The molecule has 0 aromatic rings. The fourth-order valence-corrected chi connectivity index (χ4v) is 2.07. The summed E-state index contributed by atoms with van der Waals surface area (Å²) in [5, 5.41) is 8.48. The molecule has 0 saturated carbocycles. The molecule has 0 aromatic heterocycles. The molecule has 1 N–H and O–H groups in total. The number of aliphatic carboxylic acids is 1. The summed E-state index contributed by atoms with van der Waals surface area (Å²) in [6, 6.07) is 0. The molecule has 0 saturated heterocycles. The van der Waals surface area contributed by atoms with Crippen LogP contribution in [-0.2, 0) is 4.79 Å². The Morgan fingerprint density at radius 2 is 1.24 bits per heavy atom. The standard InChI is InChI=1S/C15H30O2/c1-14(2)12-10-8-6-4-3-5-7-9-11-13-15(16)17/h14H,3-13H2,1-2H3,(H,16,17). The fourth-order valence-electron chi connectivity index (χ4n) is 2.07. The molecule has 17 heavy (non-hydrogen) atoms. The van der Waals surface area contributed by atoms with Crippen molar-refractivity contribution in [3.63, 3.8) is 0 Å². The summed E-state index contributed by atoms with van der Waals surface area (Å²) in [6.45, 7) is 4.58. The molecule has 0 radical (unpaired) electrons. The molecule has 0 aliphatic rings. The molecule has 0 spiro atoms. The minimum absolute atomic E-state index is 0.342. The van der Waals surface area contributed by atoms with Crippen LogP contribution in [0.4, 0.5) is 0 Å². The first kappa shape index (κ1) is 16.5. The highest BCUT2D eigenvalue weighted by Gasteiger charge is 1.97. The monoisotopic (exact) mass is 242 g/mol. The highest BCUT2D eigenvalue weighted by atomic mass is 16.4. The van der Waals surface area contributed by atoms with Gasteiger partial charge in [-0.1, -0.05) is 71.6 Å². The maximum atomic E-state index is 10.3. The third-order valence-electron chi connectivity index (χ3n) is 3.17. The molecule has 0 bridgehead atoms. The molecule has 2 heteroatoms. The lowest BCUT2D eigenvalue weighted by Gasteiger charge is -2.04. The van der Waals surface area contributed by atoms with Gasteiger partial charge < -0.3 is 5.11 Å². The predicted octanol–water partition coefficient (Wildman–Crippen LogP) is 5.02. The average Bonchev–Trinajstić information content (AvgIpc) is 2.25. The van der Waals surface area contributed by atoms with Gasteiger partial charge in [0.25, 0.3) is 0 Å². The van der Waals surface area contributed by atoms with Crippen LogP contribution >= 0.6 is 0 Å². The van der Waals surface area contributed by atoms with E-state index in [0.29, 0.717) is 6.42 Å². The average molecular weight is 242 g/mol. The van der Waals surface area contributed by atoms with E-state index in [0.717, 1.165) is 18.8 Å². The van der Waals surface area contributed by atoms with Crippen LogP contribution in [-0.4, -0.2) is 11.1 Å². The van der Waals surface area contributed by atoms with E-state index in [1.807, 2.05) is 0 Å². The molecule has 102 valence electrons. The molecule has 0 aliphatic carbocycles. The number of hydrogen-bond acceptors (Lipinski definition) is 1. The number of rotatable bonds is 12. The SMILES string of the molecule is CC(C)CCCCCCCCCCCC(=O)O. The quantitative estimate of drug-likeness (QED) is 0.488. The molecule has 0 rings (SSSR count). The van der Waals surface area contributed by atoms with Gasteiger partial charge in [-0.3, -0.25) is 4.79 Å². The van der Waals surface area contributed by atoms with Gasteiger partial charge in [-0.2, -0.15) is 0 Å². The summed E-state index contributed by atoms with van der Waals surface area (Å²) in [7, 11) is 0. The Morgan fingerprint density at radius 3 is 1.65 bits per heavy atom. The second-order valence-corrected chi connectivity index (χ2v) is 5.51. The van der Waals surface area contributed by atoms with E-state index in [-0.39, 0.29) is 0 Å². The summed E-state index contributed by atoms with van der Waals surface area (Å²) in [4.78, 5) is 10.3. The van der Waals surface area contributed by atoms with Crippen molar-refractivity contribution in [2.75, 3.05) is 0 Å². The lowest BCUT2D eigenvalue weighted by molar-refractivity contribution is -0.137. The predicted molar refractivity (Wildman–Crippen MR) is 73.3 cm³/mol. The molecule has 0 atom stereocenters. The molecule has 2 nitrogen and oxygen atoms in total. The Bertz CT molecular complexity index is 176. The van der Waals surface area contributed by atoms with Gasteiger partial charge >= 0.3 is 5.97 Å². The van der Waals surface area contributed by atoms with Crippen LogP contribution in [0.5, 0.6) is 0 Å². The maximum Gasteiger partial charge on any atom is 0.303 e. The Morgan fingerprint density at radius 1 is 0.824 bits per heavy atom. The zero-order valence-electron chi connectivity index (χ0n) is 11.7. The normalized spacial score (nSPS) is 11.0. The maximum absolute atomic E-state index is 10.3. The number of carbonyl (C=O) groups is 1. The lowest BCUT2D eigenvalue weighted by Crippen LogP contribution is -1.93. The minimum Gasteiger partial charge on any atom is -0.481 e. The van der Waals surface area contributed by atoms with Crippen molar-refractivity contribution in [3.8, 4) is 0 Å². The Balaban J connectivity index is 2.96. The van der Waals surface area contributed by atoms with Crippen molar-refractivity contribution in [2.45, 2.75) is 84.5 Å². The van der Waals surface area contributed by atoms with E-state index in [2.05, 4.69) is 13.8 Å². The molecular formula is C15H30O2. The summed E-state index contributed by atoms with van der Waals surface area (Å²) in [5.41, 5.74) is 0. The molecule has 0 heterocycles. The van der Waals surface area contributed by atoms with Gasteiger partial charge in [0.2, 0.25) is 0 Å². The van der Waals surface area contributed by atoms with Crippen molar-refractivity contribution in [3.05, 3.63) is 0 Å². The van der Waals surface area contributed by atoms with Gasteiger partial charge in [0.15, 0.2) is 0 Å². The third kappa shape index (κ3) is 15.5. The van der Waals surface area contributed by atoms with Crippen LogP contribution in [0.25, 0.3) is 0 Å². The van der Waals surface area contributed by atoms with Crippen LogP contribution < -0.4 is 0 Å². The van der Waals surface area contributed by atoms with Crippen molar-refractivity contribution in [1.29, 1.82) is 0 Å². The third-order valence-corrected chi connectivity index (χ3v) is 3.17. The van der Waals surface area contributed by atoms with Gasteiger partial charge in [0.05, 0.1) is 0 Å². The molecule has 0 amide bonds. The van der Waals surface area contributed by atoms with Crippen molar-refractivity contribution >= 4 is 5.97 Å². The summed E-state index contributed by atoms with van der Waals surface area (Å²) < 4.78 is 0. The van der Waals surface area contributed by atoms with Gasteiger partial charge in [-0.05, 0) is 12.3 Å². The number of carboxylic acid groups (broad SMARTS) is 1. The second-order valence-electron chi connectivity index (χ2n) is 5.51. The van der Waals surface area contributed by atoms with Crippen molar-refractivity contribution in [2.24, 2.45) is 5.92 Å². The Labute approximate surface area is 107 Å². The van der Waals surface area contributed by atoms with E-state index in [1.54, 1.807) is 0 Å². The summed E-state index contributed by atoms with van der Waals surface area (Å²) >= 11 is 0. The first-order valence-electron chi connectivity index (χ1n) is 7.34. The zero-order valence-corrected chi connectivity index (χ0v) is 11.7. The highest BCUT2D eigenvalue weighted by molar-refractivity contribution is 5.66. The zero-order chi connectivity index (χ0) is 12.9. The van der Waals surface area contributed by atoms with Crippen LogP contribution in [0.15, 0.2) is 0 Å². The molecule has 0 aliphatic heterocycles. The first-order valence-corrected chi connectivity index (χ1v) is 7.34. The minimum atomic E-state index is -0.657. The van der Waals surface area contributed by atoms with Gasteiger partial charge in [0.1, 0.15) is 0 Å². The fraction of sp³-hybridized carbons (Fsp3) is 0.933. The van der Waals surface area contributed by atoms with Crippen molar-refractivity contribution in [1.82, 2.24) is 0 Å². The van der Waals surface area contributed by atoms with Gasteiger partial charge in [0, 0.05) is 6.42 Å². The van der Waals surface area contributed by atoms with E-state index < -0.39 is 5.97 Å². The van der Waals surface area contributed by atoms with Crippen LogP contribution in [0.2, 0.25) is 0 Å². The lowest BCUT2D eigenvalue weighted by atomic mass is 10.0. The molecule has 0 fully saturated rings. The van der Waals surface area contributed by atoms with Crippen LogP contribution in [0, 0.1) is 5.92 Å². The Kier molecular flexibility index (Phi) is 11.6. The van der Waals surface area contributed by atoms with E-state index in [4.69, 9.17) is 5.11 Å². The topological polar surface area (TPSA) is 37.3 Å². The number of carboxylic acids is 1. The van der Waals surface area contributed by atoms with E-state index >= 15 is 0 Å². The largest absolute Gasteiger partial charge is 0.481 e. The van der Waals surface area contributed by atoms with E-state index in [9.17, 15) is 4.79 Å². The van der Waals surface area contributed by atoms with E-state index in [1.165, 1.54) is 51.4 Å².